The maximum atomic E-state index is 12.8. The topological polar surface area (TPSA) is 47.3 Å². The van der Waals surface area contributed by atoms with Crippen molar-refractivity contribution in [2.24, 2.45) is 0 Å². The molecule has 5 heteroatoms. The molecule has 0 aliphatic heterocycles. The van der Waals surface area contributed by atoms with Gasteiger partial charge in [0.1, 0.15) is 0 Å². The zero-order valence-corrected chi connectivity index (χ0v) is 13.4. The fourth-order valence-electron chi connectivity index (χ4n) is 3.54. The second kappa shape index (κ2) is 8.11. The highest BCUT2D eigenvalue weighted by Crippen LogP contribution is 2.31. The molecule has 0 heterocycles. The van der Waals surface area contributed by atoms with E-state index < -0.39 is 11.2 Å². The Morgan fingerprint density at radius 2 is 1.45 bits per heavy atom. The van der Waals surface area contributed by atoms with E-state index in [1.807, 2.05) is 0 Å². The second-order valence-corrected chi connectivity index (χ2v) is 7.62. The number of hydrogen-bond donors (Lipinski definition) is 0. The molecule has 1 atom stereocenters. The van der Waals surface area contributed by atoms with E-state index in [2.05, 4.69) is 10.4 Å². The Bertz CT molecular complexity index is 339. The lowest BCUT2D eigenvalue weighted by molar-refractivity contribution is 0.171. The first-order chi connectivity index (χ1) is 9.74. The zero-order chi connectivity index (χ0) is 14.4. The predicted octanol–water partition coefficient (Wildman–Crippen LogP) is 2.99. The summed E-state index contributed by atoms with van der Waals surface area (Å²) in [6, 6.07) is 3.02. The first-order valence-corrected chi connectivity index (χ1v) is 9.09. The first kappa shape index (κ1) is 15.9. The maximum absolute atomic E-state index is 12.8. The summed E-state index contributed by atoms with van der Waals surface area (Å²) in [4.78, 5) is 0. The highest BCUT2D eigenvalue weighted by Gasteiger charge is 2.34. The molecule has 2 aliphatic rings. The lowest BCUT2D eigenvalue weighted by atomic mass is 9.91. The van der Waals surface area contributed by atoms with Crippen LogP contribution < -0.4 is 0 Å². The smallest absolute Gasteiger partial charge is 0.173 e. The van der Waals surface area contributed by atoms with Crippen LogP contribution in [0.15, 0.2) is 0 Å². The fourth-order valence-corrected chi connectivity index (χ4v) is 4.96. The molecule has 0 amide bonds. The molecule has 1 unspecified atom stereocenters. The standard InChI is InChI=1S/C15H27N3OS/c1-17(13-12-16)20(19)18(14-8-4-2-5-9-14)15-10-6-3-7-11-15/h14-15H,2-11,13H2,1H3. The molecule has 2 fully saturated rings. The molecule has 0 spiro atoms. The normalized spacial score (nSPS) is 23.9. The summed E-state index contributed by atoms with van der Waals surface area (Å²) in [5.74, 6) is 0. The van der Waals surface area contributed by atoms with Crippen LogP contribution in [-0.2, 0) is 11.2 Å². The molecule has 2 aliphatic carbocycles. The van der Waals surface area contributed by atoms with Gasteiger partial charge in [-0.2, -0.15) is 5.26 Å². The quantitative estimate of drug-likeness (QED) is 0.732. The molecule has 0 aromatic rings. The summed E-state index contributed by atoms with van der Waals surface area (Å²) in [6.07, 6.45) is 12.3. The average molecular weight is 297 g/mol. The molecular weight excluding hydrogens is 270 g/mol. The molecular formula is C15H27N3OS. The SMILES string of the molecule is CN(CC#N)S(=O)N(C1CCCCC1)C1CCCCC1. The van der Waals surface area contributed by atoms with Crippen molar-refractivity contribution in [2.45, 2.75) is 76.3 Å². The summed E-state index contributed by atoms with van der Waals surface area (Å²) >= 11 is -1.15. The minimum absolute atomic E-state index is 0.239. The van der Waals surface area contributed by atoms with Gasteiger partial charge in [0.05, 0.1) is 12.6 Å². The van der Waals surface area contributed by atoms with Crippen LogP contribution in [0.2, 0.25) is 0 Å². The van der Waals surface area contributed by atoms with E-state index in [-0.39, 0.29) is 6.54 Å². The Kier molecular flexibility index (Phi) is 6.47. The molecule has 2 rings (SSSR count). The van der Waals surface area contributed by atoms with Crippen molar-refractivity contribution in [1.29, 1.82) is 5.26 Å². The maximum Gasteiger partial charge on any atom is 0.173 e. The van der Waals surface area contributed by atoms with E-state index in [0.29, 0.717) is 12.1 Å². The Morgan fingerprint density at radius 1 is 1.00 bits per heavy atom. The van der Waals surface area contributed by atoms with Gasteiger partial charge in [0, 0.05) is 19.1 Å². The largest absolute Gasteiger partial charge is 0.225 e. The van der Waals surface area contributed by atoms with Crippen molar-refractivity contribution >= 4 is 11.2 Å². The molecule has 20 heavy (non-hydrogen) atoms. The Hall–Kier alpha value is -0.440. The number of nitrogens with zero attached hydrogens (tertiary/aromatic N) is 3. The summed E-state index contributed by atoms with van der Waals surface area (Å²) < 4.78 is 16.8. The summed E-state index contributed by atoms with van der Waals surface area (Å²) in [5.41, 5.74) is 0. The predicted molar refractivity (Wildman–Crippen MR) is 82.0 cm³/mol. The van der Waals surface area contributed by atoms with Gasteiger partial charge in [-0.15, -0.1) is 0 Å². The molecule has 0 aromatic carbocycles. The van der Waals surface area contributed by atoms with Gasteiger partial charge in [0.2, 0.25) is 0 Å². The van der Waals surface area contributed by atoms with Crippen molar-refractivity contribution in [3.8, 4) is 6.07 Å². The zero-order valence-electron chi connectivity index (χ0n) is 12.6. The van der Waals surface area contributed by atoms with Crippen LogP contribution in [0.4, 0.5) is 0 Å². The van der Waals surface area contributed by atoms with Gasteiger partial charge in [-0.1, -0.05) is 38.5 Å². The molecule has 0 radical (unpaired) electrons. The second-order valence-electron chi connectivity index (χ2n) is 6.12. The molecule has 4 nitrogen and oxygen atoms in total. The van der Waals surface area contributed by atoms with Crippen LogP contribution >= 0.6 is 0 Å². The molecule has 2 saturated carbocycles. The first-order valence-electron chi connectivity index (χ1n) is 8.02. The molecule has 0 N–H and O–H groups in total. The Labute approximate surface area is 125 Å². The number of rotatable bonds is 5. The summed E-state index contributed by atoms with van der Waals surface area (Å²) in [6.45, 7) is 0.239. The van der Waals surface area contributed by atoms with Crippen LogP contribution in [0.25, 0.3) is 0 Å². The highest BCUT2D eigenvalue weighted by atomic mass is 32.2. The van der Waals surface area contributed by atoms with Gasteiger partial charge in [-0.05, 0) is 25.7 Å². The van der Waals surface area contributed by atoms with Gasteiger partial charge in [-0.3, -0.25) is 0 Å². The van der Waals surface area contributed by atoms with Crippen LogP contribution in [0.1, 0.15) is 64.2 Å². The van der Waals surface area contributed by atoms with Crippen LogP contribution in [-0.4, -0.2) is 38.5 Å². The third-order valence-corrected chi connectivity index (χ3v) is 6.23. The molecule has 0 saturated heterocycles. The third-order valence-electron chi connectivity index (χ3n) is 4.61. The van der Waals surface area contributed by atoms with Gasteiger partial charge in [-0.25, -0.2) is 12.8 Å². The minimum Gasteiger partial charge on any atom is -0.225 e. The molecule has 114 valence electrons. The van der Waals surface area contributed by atoms with Crippen molar-refractivity contribution in [2.75, 3.05) is 13.6 Å². The number of nitriles is 1. The summed E-state index contributed by atoms with van der Waals surface area (Å²) in [5, 5.41) is 8.84. The number of hydrogen-bond acceptors (Lipinski definition) is 2. The van der Waals surface area contributed by atoms with Crippen molar-refractivity contribution in [3.63, 3.8) is 0 Å². The van der Waals surface area contributed by atoms with Crippen molar-refractivity contribution in [1.82, 2.24) is 8.61 Å². The molecule has 0 aromatic heterocycles. The van der Waals surface area contributed by atoms with E-state index >= 15 is 0 Å². The van der Waals surface area contributed by atoms with E-state index in [1.165, 1.54) is 64.2 Å². The van der Waals surface area contributed by atoms with E-state index in [0.717, 1.165) is 0 Å². The van der Waals surface area contributed by atoms with Crippen LogP contribution in [0.5, 0.6) is 0 Å². The monoisotopic (exact) mass is 297 g/mol. The molecule has 0 bridgehead atoms. The van der Waals surface area contributed by atoms with E-state index in [9.17, 15) is 4.21 Å². The van der Waals surface area contributed by atoms with E-state index in [1.54, 1.807) is 11.4 Å². The lowest BCUT2D eigenvalue weighted by Gasteiger charge is -2.41. The fraction of sp³-hybridized carbons (Fsp3) is 0.933. The van der Waals surface area contributed by atoms with Gasteiger partial charge in [0.25, 0.3) is 0 Å². The average Bonchev–Trinajstić information content (AvgIpc) is 2.50. The Morgan fingerprint density at radius 3 is 1.85 bits per heavy atom. The van der Waals surface area contributed by atoms with Crippen molar-refractivity contribution < 1.29 is 4.21 Å². The van der Waals surface area contributed by atoms with Gasteiger partial charge >= 0.3 is 0 Å². The van der Waals surface area contributed by atoms with Crippen LogP contribution in [0.3, 0.4) is 0 Å². The minimum atomic E-state index is -1.15. The Balaban J connectivity index is 2.09. The van der Waals surface area contributed by atoms with E-state index in [4.69, 9.17) is 5.26 Å². The lowest BCUT2D eigenvalue weighted by Crippen LogP contribution is -2.50. The van der Waals surface area contributed by atoms with Gasteiger partial charge < -0.3 is 0 Å². The highest BCUT2D eigenvalue weighted by molar-refractivity contribution is 7.80. The van der Waals surface area contributed by atoms with Crippen LogP contribution in [0, 0.1) is 11.3 Å². The summed E-state index contributed by atoms with van der Waals surface area (Å²) in [7, 11) is 1.80. The van der Waals surface area contributed by atoms with Crippen molar-refractivity contribution in [3.05, 3.63) is 0 Å². The third kappa shape index (κ3) is 4.03. The van der Waals surface area contributed by atoms with Gasteiger partial charge in [0.15, 0.2) is 11.2 Å².